The molecule has 0 unspecified atom stereocenters. The van der Waals surface area contributed by atoms with Crippen molar-refractivity contribution in [2.75, 3.05) is 25.5 Å². The van der Waals surface area contributed by atoms with E-state index in [1.54, 1.807) is 0 Å². The van der Waals surface area contributed by atoms with E-state index in [0.29, 0.717) is 17.4 Å². The quantitative estimate of drug-likeness (QED) is 0.801. The van der Waals surface area contributed by atoms with Gasteiger partial charge >= 0.3 is 0 Å². The molecule has 138 valence electrons. The molecule has 2 heterocycles. The van der Waals surface area contributed by atoms with Gasteiger partial charge < -0.3 is 9.80 Å². The van der Waals surface area contributed by atoms with Gasteiger partial charge in [-0.2, -0.15) is 0 Å². The number of amides is 1. The fraction of sp³-hybridized carbons (Fsp3) is 0.450. The van der Waals surface area contributed by atoms with Crippen LogP contribution in [0.1, 0.15) is 44.3 Å². The average molecular weight is 373 g/mol. The third-order valence-corrected chi connectivity index (χ3v) is 5.02. The highest BCUT2D eigenvalue weighted by molar-refractivity contribution is 6.30. The summed E-state index contributed by atoms with van der Waals surface area (Å²) in [4.78, 5) is 25.7. The molecule has 6 heteroatoms. The molecule has 2 aromatic rings. The zero-order valence-corrected chi connectivity index (χ0v) is 16.3. The van der Waals surface area contributed by atoms with Gasteiger partial charge in [-0.1, -0.05) is 30.7 Å². The Bertz CT molecular complexity index is 793. The lowest BCUT2D eigenvalue weighted by molar-refractivity contribution is -0.134. The predicted octanol–water partition coefficient (Wildman–Crippen LogP) is 4.33. The van der Waals surface area contributed by atoms with E-state index >= 15 is 0 Å². The Morgan fingerprint density at radius 1 is 1.35 bits per heavy atom. The fourth-order valence-electron chi connectivity index (χ4n) is 3.45. The Hall–Kier alpha value is -2.14. The molecule has 0 saturated carbocycles. The first-order valence-electron chi connectivity index (χ1n) is 9.11. The number of piperidine rings is 1. The molecule has 1 atom stereocenters. The number of rotatable bonds is 4. The third-order valence-electron chi connectivity index (χ3n) is 4.78. The first-order chi connectivity index (χ1) is 12.5. The molecule has 0 spiro atoms. The van der Waals surface area contributed by atoms with E-state index in [4.69, 9.17) is 16.6 Å². The van der Waals surface area contributed by atoms with Crippen molar-refractivity contribution in [1.82, 2.24) is 14.9 Å². The number of hydrogen-bond donors (Lipinski definition) is 0. The summed E-state index contributed by atoms with van der Waals surface area (Å²) in [5, 5.41) is 0.676. The SMILES string of the molecule is CCC(=O)N1CCCC[C@@H]1c1nc(N(C)C)ncc1-c1cccc(Cl)c1. The van der Waals surface area contributed by atoms with Crippen LogP contribution in [0.5, 0.6) is 0 Å². The highest BCUT2D eigenvalue weighted by Gasteiger charge is 2.30. The number of halogens is 1. The highest BCUT2D eigenvalue weighted by Crippen LogP contribution is 2.37. The molecule has 1 fully saturated rings. The van der Waals surface area contributed by atoms with E-state index in [1.165, 1.54) is 0 Å². The van der Waals surface area contributed by atoms with Crippen molar-refractivity contribution < 1.29 is 4.79 Å². The van der Waals surface area contributed by atoms with Gasteiger partial charge in [0.2, 0.25) is 11.9 Å². The Kier molecular flexibility index (Phi) is 5.77. The van der Waals surface area contributed by atoms with Crippen LogP contribution >= 0.6 is 11.6 Å². The number of likely N-dealkylation sites (tertiary alicyclic amines) is 1. The van der Waals surface area contributed by atoms with Gasteiger partial charge in [-0.15, -0.1) is 0 Å². The number of hydrogen-bond acceptors (Lipinski definition) is 4. The van der Waals surface area contributed by atoms with Crippen LogP contribution in [-0.2, 0) is 4.79 Å². The Labute approximate surface area is 160 Å². The van der Waals surface area contributed by atoms with Gasteiger partial charge in [-0.05, 0) is 37.0 Å². The number of aromatic nitrogens is 2. The van der Waals surface area contributed by atoms with Crippen LogP contribution in [0, 0.1) is 0 Å². The zero-order valence-electron chi connectivity index (χ0n) is 15.6. The normalized spacial score (nSPS) is 17.2. The van der Waals surface area contributed by atoms with Crippen LogP contribution in [0.3, 0.4) is 0 Å². The van der Waals surface area contributed by atoms with Gasteiger partial charge in [0.25, 0.3) is 0 Å². The predicted molar refractivity (Wildman–Crippen MR) is 105 cm³/mol. The summed E-state index contributed by atoms with van der Waals surface area (Å²) in [7, 11) is 3.85. The maximum atomic E-state index is 12.5. The lowest BCUT2D eigenvalue weighted by Crippen LogP contribution is -2.38. The summed E-state index contributed by atoms with van der Waals surface area (Å²) in [6.07, 6.45) is 5.42. The molecular formula is C20H25ClN4O. The molecule has 0 N–H and O–H groups in total. The summed E-state index contributed by atoms with van der Waals surface area (Å²) in [5.41, 5.74) is 2.83. The van der Waals surface area contributed by atoms with E-state index in [9.17, 15) is 4.79 Å². The Balaban J connectivity index is 2.13. The molecule has 0 aliphatic carbocycles. The lowest BCUT2D eigenvalue weighted by Gasteiger charge is -2.36. The second-order valence-electron chi connectivity index (χ2n) is 6.83. The molecule has 1 aromatic heterocycles. The number of carbonyl (C=O) groups is 1. The molecule has 1 saturated heterocycles. The Morgan fingerprint density at radius 2 is 2.15 bits per heavy atom. The third kappa shape index (κ3) is 3.83. The summed E-state index contributed by atoms with van der Waals surface area (Å²) in [6, 6.07) is 7.70. The second-order valence-corrected chi connectivity index (χ2v) is 7.26. The minimum absolute atomic E-state index is 0.0214. The van der Waals surface area contributed by atoms with E-state index in [2.05, 4.69) is 4.98 Å². The zero-order chi connectivity index (χ0) is 18.7. The van der Waals surface area contributed by atoms with Gasteiger partial charge in [0.05, 0.1) is 11.7 Å². The van der Waals surface area contributed by atoms with Crippen LogP contribution < -0.4 is 4.90 Å². The van der Waals surface area contributed by atoms with Gasteiger partial charge in [0.1, 0.15) is 0 Å². The van der Waals surface area contributed by atoms with Gasteiger partial charge in [0.15, 0.2) is 0 Å². The first kappa shape index (κ1) is 18.6. The number of carbonyl (C=O) groups excluding carboxylic acids is 1. The molecule has 0 bridgehead atoms. The van der Waals surface area contributed by atoms with Crippen LogP contribution in [0.25, 0.3) is 11.1 Å². The summed E-state index contributed by atoms with van der Waals surface area (Å²) < 4.78 is 0. The summed E-state index contributed by atoms with van der Waals surface area (Å²) in [5.74, 6) is 0.831. The van der Waals surface area contributed by atoms with Gasteiger partial charge in [-0.3, -0.25) is 4.79 Å². The molecule has 3 rings (SSSR count). The molecule has 1 aromatic carbocycles. The van der Waals surface area contributed by atoms with Crippen molar-refractivity contribution in [3.63, 3.8) is 0 Å². The largest absolute Gasteiger partial charge is 0.347 e. The summed E-state index contributed by atoms with van der Waals surface area (Å²) in [6.45, 7) is 2.70. The highest BCUT2D eigenvalue weighted by atomic mass is 35.5. The van der Waals surface area contributed by atoms with Crippen molar-refractivity contribution in [3.05, 3.63) is 41.2 Å². The van der Waals surface area contributed by atoms with Crippen molar-refractivity contribution in [3.8, 4) is 11.1 Å². The van der Waals surface area contributed by atoms with E-state index in [0.717, 1.165) is 42.6 Å². The number of nitrogens with zero attached hydrogens (tertiary/aromatic N) is 4. The smallest absolute Gasteiger partial charge is 0.225 e. The molecular weight excluding hydrogens is 348 g/mol. The molecule has 26 heavy (non-hydrogen) atoms. The van der Waals surface area contributed by atoms with Gasteiger partial charge in [-0.25, -0.2) is 9.97 Å². The standard InChI is InChI=1S/C20H25ClN4O/c1-4-18(26)25-11-6-5-10-17(25)19-16(13-22-20(23-19)24(2)3)14-8-7-9-15(21)12-14/h7-9,12-13,17H,4-6,10-11H2,1-3H3/t17-/m1/s1. The molecule has 1 aliphatic rings. The first-order valence-corrected chi connectivity index (χ1v) is 9.48. The second kappa shape index (κ2) is 8.04. The molecule has 1 amide bonds. The van der Waals surface area contributed by atoms with E-state index in [-0.39, 0.29) is 11.9 Å². The van der Waals surface area contributed by atoms with E-state index < -0.39 is 0 Å². The maximum absolute atomic E-state index is 12.5. The topological polar surface area (TPSA) is 49.3 Å². The van der Waals surface area contributed by atoms with Crippen LogP contribution in [0.15, 0.2) is 30.5 Å². The Morgan fingerprint density at radius 3 is 2.85 bits per heavy atom. The van der Waals surface area contributed by atoms with Crippen LogP contribution in [0.2, 0.25) is 5.02 Å². The van der Waals surface area contributed by atoms with Crippen molar-refractivity contribution in [2.45, 2.75) is 38.6 Å². The van der Waals surface area contributed by atoms with E-state index in [1.807, 2.05) is 61.3 Å². The monoisotopic (exact) mass is 372 g/mol. The number of anilines is 1. The minimum Gasteiger partial charge on any atom is -0.347 e. The average Bonchev–Trinajstić information content (AvgIpc) is 2.66. The minimum atomic E-state index is -0.0214. The molecule has 5 nitrogen and oxygen atoms in total. The number of benzene rings is 1. The fourth-order valence-corrected chi connectivity index (χ4v) is 3.64. The van der Waals surface area contributed by atoms with Crippen LogP contribution in [-0.4, -0.2) is 41.4 Å². The van der Waals surface area contributed by atoms with Crippen LogP contribution in [0.4, 0.5) is 5.95 Å². The van der Waals surface area contributed by atoms with Crippen molar-refractivity contribution >= 4 is 23.5 Å². The van der Waals surface area contributed by atoms with Crippen molar-refractivity contribution in [1.29, 1.82) is 0 Å². The maximum Gasteiger partial charge on any atom is 0.225 e. The molecule has 0 radical (unpaired) electrons. The van der Waals surface area contributed by atoms with Crippen molar-refractivity contribution in [2.24, 2.45) is 0 Å². The molecule has 1 aliphatic heterocycles. The van der Waals surface area contributed by atoms with Gasteiger partial charge in [0, 0.05) is 43.8 Å². The summed E-state index contributed by atoms with van der Waals surface area (Å²) >= 11 is 6.20. The lowest BCUT2D eigenvalue weighted by atomic mass is 9.93.